The van der Waals surface area contributed by atoms with Crippen molar-refractivity contribution in [2.45, 2.75) is 4.90 Å². The lowest BCUT2D eigenvalue weighted by molar-refractivity contribution is 0.438. The number of hydrogen-bond acceptors (Lipinski definition) is 4. The van der Waals surface area contributed by atoms with Crippen molar-refractivity contribution in [1.82, 2.24) is 4.31 Å². The first kappa shape index (κ1) is 14.0. The number of rotatable bonds is 2. The van der Waals surface area contributed by atoms with E-state index in [4.69, 9.17) is 5.73 Å². The molecule has 2 rings (SSSR count). The Labute approximate surface area is 117 Å². The molecule has 18 heavy (non-hydrogen) atoms. The van der Waals surface area contributed by atoms with Crippen LogP contribution in [-0.2, 0) is 20.8 Å². The van der Waals surface area contributed by atoms with Gasteiger partial charge in [0.25, 0.3) is 0 Å². The van der Waals surface area contributed by atoms with Crippen molar-refractivity contribution < 1.29 is 12.6 Å². The van der Waals surface area contributed by atoms with Crippen molar-refractivity contribution in [2.24, 2.45) is 0 Å². The molecule has 1 aromatic rings. The maximum absolute atomic E-state index is 12.4. The number of anilines is 1. The summed E-state index contributed by atoms with van der Waals surface area (Å²) >= 11 is 3.22. The van der Waals surface area contributed by atoms with Gasteiger partial charge in [-0.15, -0.1) is 0 Å². The molecular formula is C10H13BrN2O3S2. The zero-order valence-electron chi connectivity index (χ0n) is 9.50. The second-order valence-corrected chi connectivity index (χ2v) is 8.40. The normalized spacial score (nSPS) is 18.9. The summed E-state index contributed by atoms with van der Waals surface area (Å²) in [6, 6.07) is 4.68. The molecule has 0 aromatic heterocycles. The van der Waals surface area contributed by atoms with Crippen molar-refractivity contribution in [3.63, 3.8) is 0 Å². The molecule has 5 nitrogen and oxygen atoms in total. The molecule has 0 spiro atoms. The molecule has 8 heteroatoms. The van der Waals surface area contributed by atoms with Crippen LogP contribution < -0.4 is 5.73 Å². The Balaban J connectivity index is 2.36. The Bertz CT molecular complexity index is 579. The fourth-order valence-corrected chi connectivity index (χ4v) is 5.40. The quantitative estimate of drug-likeness (QED) is 0.797. The van der Waals surface area contributed by atoms with Gasteiger partial charge in [0.05, 0.1) is 4.90 Å². The first-order chi connectivity index (χ1) is 8.41. The molecule has 1 saturated heterocycles. The summed E-state index contributed by atoms with van der Waals surface area (Å²) in [6.45, 7) is 0.576. The van der Waals surface area contributed by atoms with Gasteiger partial charge in [-0.3, -0.25) is 4.21 Å². The van der Waals surface area contributed by atoms with E-state index in [-0.39, 0.29) is 18.0 Å². The maximum Gasteiger partial charge on any atom is 0.244 e. The van der Waals surface area contributed by atoms with Crippen molar-refractivity contribution in [3.8, 4) is 0 Å². The van der Waals surface area contributed by atoms with Crippen LogP contribution in [0.2, 0.25) is 0 Å². The molecule has 1 aromatic carbocycles. The molecule has 0 aliphatic carbocycles. The van der Waals surface area contributed by atoms with Gasteiger partial charge in [-0.05, 0) is 34.1 Å². The molecule has 1 aliphatic rings. The summed E-state index contributed by atoms with van der Waals surface area (Å²) in [5.74, 6) is 0.776. The highest BCUT2D eigenvalue weighted by Crippen LogP contribution is 2.27. The van der Waals surface area contributed by atoms with Crippen molar-refractivity contribution >= 4 is 42.4 Å². The van der Waals surface area contributed by atoms with Gasteiger partial charge < -0.3 is 5.73 Å². The smallest absolute Gasteiger partial charge is 0.244 e. The fraction of sp³-hybridized carbons (Fsp3) is 0.400. The average molecular weight is 353 g/mol. The molecular weight excluding hydrogens is 340 g/mol. The molecule has 0 amide bonds. The largest absolute Gasteiger partial charge is 0.399 e. The van der Waals surface area contributed by atoms with Crippen LogP contribution in [0.3, 0.4) is 0 Å². The topological polar surface area (TPSA) is 80.5 Å². The summed E-state index contributed by atoms with van der Waals surface area (Å²) in [7, 11) is -4.47. The minimum absolute atomic E-state index is 0.162. The monoisotopic (exact) mass is 352 g/mol. The van der Waals surface area contributed by atoms with Gasteiger partial charge in [-0.2, -0.15) is 4.31 Å². The van der Waals surface area contributed by atoms with Crippen LogP contribution in [0, 0.1) is 0 Å². The molecule has 0 saturated carbocycles. The highest BCUT2D eigenvalue weighted by molar-refractivity contribution is 9.10. The van der Waals surface area contributed by atoms with Gasteiger partial charge in [0.1, 0.15) is 0 Å². The summed E-state index contributed by atoms with van der Waals surface area (Å²) < 4.78 is 37.9. The van der Waals surface area contributed by atoms with E-state index in [2.05, 4.69) is 15.9 Å². The molecule has 0 radical (unpaired) electrons. The van der Waals surface area contributed by atoms with Gasteiger partial charge >= 0.3 is 0 Å². The van der Waals surface area contributed by atoms with Gasteiger partial charge in [0.15, 0.2) is 0 Å². The Morgan fingerprint density at radius 1 is 1.28 bits per heavy atom. The van der Waals surface area contributed by atoms with Gasteiger partial charge in [0.2, 0.25) is 10.0 Å². The first-order valence-electron chi connectivity index (χ1n) is 5.31. The van der Waals surface area contributed by atoms with Crippen LogP contribution in [0.25, 0.3) is 0 Å². The minimum atomic E-state index is -3.57. The lowest BCUT2D eigenvalue weighted by Gasteiger charge is -2.26. The average Bonchev–Trinajstić information content (AvgIpc) is 2.32. The van der Waals surface area contributed by atoms with Crippen molar-refractivity contribution in [1.29, 1.82) is 0 Å². The van der Waals surface area contributed by atoms with E-state index in [0.29, 0.717) is 21.7 Å². The van der Waals surface area contributed by atoms with E-state index < -0.39 is 20.8 Å². The van der Waals surface area contributed by atoms with Crippen LogP contribution in [-0.4, -0.2) is 41.5 Å². The molecule has 0 unspecified atom stereocenters. The highest BCUT2D eigenvalue weighted by Gasteiger charge is 2.29. The van der Waals surface area contributed by atoms with Crippen LogP contribution in [0.5, 0.6) is 0 Å². The Morgan fingerprint density at radius 3 is 2.50 bits per heavy atom. The van der Waals surface area contributed by atoms with E-state index in [1.165, 1.54) is 10.4 Å². The van der Waals surface area contributed by atoms with E-state index in [9.17, 15) is 12.6 Å². The van der Waals surface area contributed by atoms with Gasteiger partial charge in [-0.1, -0.05) is 0 Å². The number of halogens is 1. The van der Waals surface area contributed by atoms with E-state index in [1.807, 2.05) is 0 Å². The third-order valence-electron chi connectivity index (χ3n) is 2.71. The molecule has 0 atom stereocenters. The highest BCUT2D eigenvalue weighted by atomic mass is 79.9. The van der Waals surface area contributed by atoms with E-state index in [0.717, 1.165) is 0 Å². The number of sulfonamides is 1. The minimum Gasteiger partial charge on any atom is -0.399 e. The number of nitrogens with two attached hydrogens (primary N) is 1. The lowest BCUT2D eigenvalue weighted by atomic mass is 10.3. The zero-order chi connectivity index (χ0) is 13.3. The number of nitrogen functional groups attached to an aromatic ring is 1. The van der Waals surface area contributed by atoms with Crippen molar-refractivity contribution in [2.75, 3.05) is 30.3 Å². The van der Waals surface area contributed by atoms with E-state index >= 15 is 0 Å². The van der Waals surface area contributed by atoms with Gasteiger partial charge in [0, 0.05) is 45.6 Å². The fourth-order valence-electron chi connectivity index (χ4n) is 1.72. The summed E-state index contributed by atoms with van der Waals surface area (Å²) in [5.41, 5.74) is 6.02. The predicted octanol–water partition coefficient (Wildman–Crippen LogP) is 0.784. The predicted molar refractivity (Wildman–Crippen MR) is 75.2 cm³/mol. The summed E-state index contributed by atoms with van der Waals surface area (Å²) in [5, 5.41) is 0. The molecule has 1 fully saturated rings. The number of nitrogens with zero attached hydrogens (tertiary/aromatic N) is 1. The van der Waals surface area contributed by atoms with Crippen LogP contribution in [0.1, 0.15) is 0 Å². The summed E-state index contributed by atoms with van der Waals surface area (Å²) in [6.07, 6.45) is 0. The Kier molecular flexibility index (Phi) is 4.10. The second-order valence-electron chi connectivity index (χ2n) is 3.94. The third kappa shape index (κ3) is 2.76. The molecule has 1 aliphatic heterocycles. The molecule has 2 N–H and O–H groups in total. The number of hydrogen-bond donors (Lipinski definition) is 1. The maximum atomic E-state index is 12.4. The van der Waals surface area contributed by atoms with Crippen LogP contribution in [0.4, 0.5) is 5.69 Å². The van der Waals surface area contributed by atoms with Crippen molar-refractivity contribution in [3.05, 3.63) is 22.7 Å². The Hall–Kier alpha value is -0.440. The van der Waals surface area contributed by atoms with E-state index in [1.54, 1.807) is 12.1 Å². The Morgan fingerprint density at radius 2 is 1.89 bits per heavy atom. The third-order valence-corrected chi connectivity index (χ3v) is 6.88. The second kappa shape index (κ2) is 5.28. The zero-order valence-corrected chi connectivity index (χ0v) is 12.7. The van der Waals surface area contributed by atoms with Crippen LogP contribution in [0.15, 0.2) is 27.6 Å². The first-order valence-corrected chi connectivity index (χ1v) is 9.03. The lowest BCUT2D eigenvalue weighted by Crippen LogP contribution is -2.41. The summed E-state index contributed by atoms with van der Waals surface area (Å²) in [4.78, 5) is 0.162. The molecule has 1 heterocycles. The molecule has 0 bridgehead atoms. The molecule has 100 valence electrons. The SMILES string of the molecule is Nc1ccc(Br)c(S(=O)(=O)N2CCS(=O)CC2)c1. The van der Waals surface area contributed by atoms with Crippen LogP contribution >= 0.6 is 15.9 Å². The number of benzene rings is 1. The standard InChI is InChI=1S/C10H13BrN2O3S2/c11-9-2-1-8(12)7-10(9)18(15,16)13-3-5-17(14)6-4-13/h1-2,7H,3-6,12H2. The van der Waals surface area contributed by atoms with Gasteiger partial charge in [-0.25, -0.2) is 8.42 Å².